The lowest BCUT2D eigenvalue weighted by Crippen LogP contribution is -2.45. The van der Waals surface area contributed by atoms with E-state index in [9.17, 15) is 9.00 Å². The summed E-state index contributed by atoms with van der Waals surface area (Å²) < 4.78 is 14.6. The predicted octanol–water partition coefficient (Wildman–Crippen LogP) is 0.994. The van der Waals surface area contributed by atoms with Gasteiger partial charge in [0.1, 0.15) is 0 Å². The molecule has 1 aliphatic rings. The zero-order chi connectivity index (χ0) is 13.0. The molecule has 1 aliphatic heterocycles. The molecule has 0 radical (unpaired) electrons. The minimum absolute atomic E-state index is 0.0223. The van der Waals surface area contributed by atoms with Gasteiger partial charge in [0.25, 0.3) is 0 Å². The maximum absolute atomic E-state index is 12.1. The normalized spacial score (nSPS) is 26.7. The van der Waals surface area contributed by atoms with Gasteiger partial charge in [0, 0.05) is 18.5 Å². The number of rotatable bonds is 6. The number of nitrogens with one attached hydrogen (secondary N) is 2. The minimum Gasteiger partial charge on any atom is -0.305 e. The lowest BCUT2D eigenvalue weighted by atomic mass is 9.96. The van der Waals surface area contributed by atoms with E-state index < -0.39 is 11.0 Å². The molecule has 0 spiro atoms. The van der Waals surface area contributed by atoms with E-state index in [-0.39, 0.29) is 29.0 Å². The summed E-state index contributed by atoms with van der Waals surface area (Å²) in [6, 6.07) is 0.106. The van der Waals surface area contributed by atoms with E-state index in [4.69, 9.17) is 0 Å². The Labute approximate surface area is 107 Å². The van der Waals surface area contributed by atoms with Crippen LogP contribution in [0.15, 0.2) is 0 Å². The third kappa shape index (κ3) is 4.48. The Morgan fingerprint density at radius 2 is 2.06 bits per heavy atom. The van der Waals surface area contributed by atoms with E-state index in [1.54, 1.807) is 0 Å². The van der Waals surface area contributed by atoms with Crippen LogP contribution in [0.1, 0.15) is 40.5 Å². The smallest absolute Gasteiger partial charge is 0.152 e. The molecule has 0 amide bonds. The Balaban J connectivity index is 2.62. The van der Waals surface area contributed by atoms with Crippen molar-refractivity contribution in [2.45, 2.75) is 57.9 Å². The highest BCUT2D eigenvalue weighted by Crippen LogP contribution is 2.16. The molecular formula is C12H24N2O2S. The molecule has 3 atom stereocenters. The molecule has 1 fully saturated rings. The van der Waals surface area contributed by atoms with E-state index in [2.05, 4.69) is 10.0 Å². The molecule has 0 aromatic rings. The second-order valence-corrected chi connectivity index (χ2v) is 6.82. The fraction of sp³-hybridized carbons (Fsp3) is 0.917. The summed E-state index contributed by atoms with van der Waals surface area (Å²) in [6.07, 6.45) is 1.57. The van der Waals surface area contributed by atoms with Crippen LogP contribution in [-0.2, 0) is 15.8 Å². The highest BCUT2D eigenvalue weighted by atomic mass is 32.2. The summed E-state index contributed by atoms with van der Waals surface area (Å²) in [6.45, 7) is 8.69. The topological polar surface area (TPSA) is 58.2 Å². The van der Waals surface area contributed by atoms with Crippen molar-refractivity contribution in [1.29, 1.82) is 0 Å². The van der Waals surface area contributed by atoms with E-state index >= 15 is 0 Å². The van der Waals surface area contributed by atoms with Gasteiger partial charge in [-0.15, -0.1) is 0 Å². The summed E-state index contributed by atoms with van der Waals surface area (Å²) in [5, 5.41) is 3.40. The summed E-state index contributed by atoms with van der Waals surface area (Å²) >= 11 is 0. The van der Waals surface area contributed by atoms with Crippen molar-refractivity contribution in [3.63, 3.8) is 0 Å². The molecule has 100 valence electrons. The average molecular weight is 260 g/mol. The second kappa shape index (κ2) is 6.61. The second-order valence-electron chi connectivity index (χ2n) is 5.27. The summed E-state index contributed by atoms with van der Waals surface area (Å²) in [7, 11) is -0.968. The van der Waals surface area contributed by atoms with Crippen LogP contribution in [0.2, 0.25) is 0 Å². The first-order valence-electron chi connectivity index (χ1n) is 6.35. The van der Waals surface area contributed by atoms with Gasteiger partial charge >= 0.3 is 0 Å². The number of hydrogen-bond donors (Lipinski definition) is 2. The van der Waals surface area contributed by atoms with Crippen molar-refractivity contribution in [3.05, 3.63) is 0 Å². The lowest BCUT2D eigenvalue weighted by molar-refractivity contribution is -0.124. The third-order valence-electron chi connectivity index (χ3n) is 2.96. The van der Waals surface area contributed by atoms with Crippen molar-refractivity contribution < 1.29 is 9.00 Å². The standard InChI is InChI=1S/C12H24N2O2S/c1-8(2)12(15)11(14-9(3)4)7-10-5-6-13-17(10)16/h8-11,13-14H,5-7H2,1-4H3. The maximum atomic E-state index is 12.1. The van der Waals surface area contributed by atoms with Crippen LogP contribution in [0, 0.1) is 5.92 Å². The zero-order valence-corrected chi connectivity index (χ0v) is 12.0. The lowest BCUT2D eigenvalue weighted by Gasteiger charge is -2.23. The van der Waals surface area contributed by atoms with Crippen molar-refractivity contribution in [3.8, 4) is 0 Å². The highest BCUT2D eigenvalue weighted by molar-refractivity contribution is 7.83. The molecule has 0 saturated carbocycles. The first-order valence-corrected chi connectivity index (χ1v) is 7.57. The quantitative estimate of drug-likeness (QED) is 0.749. The van der Waals surface area contributed by atoms with Gasteiger partial charge in [-0.3, -0.25) is 4.79 Å². The van der Waals surface area contributed by atoms with Gasteiger partial charge < -0.3 is 5.32 Å². The molecule has 17 heavy (non-hydrogen) atoms. The van der Waals surface area contributed by atoms with Gasteiger partial charge in [-0.2, -0.15) is 0 Å². The molecular weight excluding hydrogens is 236 g/mol. The molecule has 0 aromatic carbocycles. The van der Waals surface area contributed by atoms with Gasteiger partial charge in [-0.25, -0.2) is 8.93 Å². The van der Waals surface area contributed by atoms with Gasteiger partial charge in [0.05, 0.1) is 22.3 Å². The van der Waals surface area contributed by atoms with E-state index in [0.29, 0.717) is 6.42 Å². The number of hydrogen-bond acceptors (Lipinski definition) is 3. The van der Waals surface area contributed by atoms with E-state index in [0.717, 1.165) is 13.0 Å². The molecule has 2 N–H and O–H groups in total. The fourth-order valence-corrected chi connectivity index (χ4v) is 3.34. The van der Waals surface area contributed by atoms with Crippen molar-refractivity contribution in [2.75, 3.05) is 6.54 Å². The Morgan fingerprint density at radius 1 is 1.41 bits per heavy atom. The number of carbonyl (C=O) groups excluding carboxylic acids is 1. The Morgan fingerprint density at radius 3 is 2.47 bits per heavy atom. The third-order valence-corrected chi connectivity index (χ3v) is 4.48. The summed E-state index contributed by atoms with van der Waals surface area (Å²) in [4.78, 5) is 12.1. The molecule has 0 aliphatic carbocycles. The van der Waals surface area contributed by atoms with Crippen LogP contribution < -0.4 is 10.0 Å². The molecule has 4 nitrogen and oxygen atoms in total. The van der Waals surface area contributed by atoms with Crippen LogP contribution in [-0.4, -0.2) is 33.9 Å². The number of carbonyl (C=O) groups is 1. The number of ketones is 1. The molecule has 3 unspecified atom stereocenters. The van der Waals surface area contributed by atoms with Crippen LogP contribution in [0.3, 0.4) is 0 Å². The van der Waals surface area contributed by atoms with Crippen LogP contribution in [0.25, 0.3) is 0 Å². The first kappa shape index (κ1) is 14.8. The van der Waals surface area contributed by atoms with Gasteiger partial charge in [0.2, 0.25) is 0 Å². The van der Waals surface area contributed by atoms with E-state index in [1.807, 2.05) is 27.7 Å². The molecule has 0 aromatic heterocycles. The zero-order valence-electron chi connectivity index (χ0n) is 11.2. The Bertz CT molecular complexity index is 292. The minimum atomic E-state index is -0.968. The molecule has 0 bridgehead atoms. The first-order chi connectivity index (χ1) is 7.91. The SMILES string of the molecule is CC(C)NC(CC1CCNS1=O)C(=O)C(C)C. The average Bonchev–Trinajstić information content (AvgIpc) is 2.61. The highest BCUT2D eigenvalue weighted by Gasteiger charge is 2.30. The Hall–Kier alpha value is -0.260. The van der Waals surface area contributed by atoms with Gasteiger partial charge in [-0.05, 0) is 12.8 Å². The summed E-state index contributed by atoms with van der Waals surface area (Å²) in [5.41, 5.74) is 0. The fourth-order valence-electron chi connectivity index (χ4n) is 2.08. The maximum Gasteiger partial charge on any atom is 0.152 e. The van der Waals surface area contributed by atoms with E-state index in [1.165, 1.54) is 0 Å². The Kier molecular flexibility index (Phi) is 5.76. The van der Waals surface area contributed by atoms with Gasteiger partial charge in [0.15, 0.2) is 5.78 Å². The van der Waals surface area contributed by atoms with Crippen LogP contribution in [0.4, 0.5) is 0 Å². The molecule has 1 heterocycles. The van der Waals surface area contributed by atoms with Crippen molar-refractivity contribution in [2.24, 2.45) is 5.92 Å². The summed E-state index contributed by atoms with van der Waals surface area (Å²) in [5.74, 6) is 0.247. The van der Waals surface area contributed by atoms with Crippen molar-refractivity contribution in [1.82, 2.24) is 10.0 Å². The van der Waals surface area contributed by atoms with Crippen molar-refractivity contribution >= 4 is 16.8 Å². The largest absolute Gasteiger partial charge is 0.305 e. The predicted molar refractivity (Wildman–Crippen MR) is 71.1 cm³/mol. The number of Topliss-reactive ketones (excluding diaryl/α,β-unsaturated/α-hetero) is 1. The molecule has 5 heteroatoms. The monoisotopic (exact) mass is 260 g/mol. The van der Waals surface area contributed by atoms with Crippen LogP contribution in [0.5, 0.6) is 0 Å². The van der Waals surface area contributed by atoms with Crippen LogP contribution >= 0.6 is 0 Å². The van der Waals surface area contributed by atoms with Gasteiger partial charge in [-0.1, -0.05) is 27.7 Å². The molecule has 1 rings (SSSR count). The molecule has 1 saturated heterocycles.